The Morgan fingerprint density at radius 3 is 1.75 bits per heavy atom. The fourth-order valence-corrected chi connectivity index (χ4v) is 9.76. The summed E-state index contributed by atoms with van der Waals surface area (Å²) in [6.07, 6.45) is 2.37. The summed E-state index contributed by atoms with van der Waals surface area (Å²) in [6, 6.07) is 60.8. The van der Waals surface area contributed by atoms with Crippen molar-refractivity contribution in [3.05, 3.63) is 186 Å². The molecule has 10 rings (SSSR count). The van der Waals surface area contributed by atoms with Gasteiger partial charge in [-0.25, -0.2) is 0 Å². The third-order valence-corrected chi connectivity index (χ3v) is 13.3. The minimum Gasteiger partial charge on any atom is -0.355 e. The molecule has 59 heavy (non-hydrogen) atoms. The van der Waals surface area contributed by atoms with Gasteiger partial charge in [0.1, 0.15) is 0 Å². The van der Waals surface area contributed by atoms with E-state index in [1.165, 1.54) is 107 Å². The van der Waals surface area contributed by atoms with E-state index in [1.807, 2.05) is 0 Å². The highest BCUT2D eigenvalue weighted by atomic mass is 15.2. The number of benzene rings is 8. The van der Waals surface area contributed by atoms with Crippen molar-refractivity contribution >= 4 is 57.4 Å². The van der Waals surface area contributed by atoms with Crippen LogP contribution in [0.1, 0.15) is 62.8 Å². The maximum atomic E-state index is 3.91. The summed E-state index contributed by atoms with van der Waals surface area (Å²) < 4.78 is 0. The monoisotopic (exact) mass is 762 g/mol. The summed E-state index contributed by atoms with van der Waals surface area (Å²) >= 11 is 0. The van der Waals surface area contributed by atoms with Crippen LogP contribution in [0.2, 0.25) is 0 Å². The second-order valence-corrected chi connectivity index (χ2v) is 18.3. The molecule has 8 aromatic carbocycles. The summed E-state index contributed by atoms with van der Waals surface area (Å²) in [5.74, 6) is 0. The van der Waals surface area contributed by atoms with E-state index in [1.54, 1.807) is 0 Å². The number of nitrogens with one attached hydrogen (secondary N) is 1. The lowest BCUT2D eigenvalue weighted by molar-refractivity contribution is 0.332. The van der Waals surface area contributed by atoms with E-state index in [4.69, 9.17) is 0 Å². The van der Waals surface area contributed by atoms with E-state index in [0.717, 1.165) is 18.7 Å². The topological polar surface area (TPSA) is 15.3 Å². The first-order chi connectivity index (χ1) is 28.5. The molecule has 0 saturated heterocycles. The molecule has 0 aromatic heterocycles. The van der Waals surface area contributed by atoms with Gasteiger partial charge in [-0.15, -0.1) is 0 Å². The summed E-state index contributed by atoms with van der Waals surface area (Å²) in [6.45, 7) is 14.3. The van der Waals surface area contributed by atoms with Crippen LogP contribution in [0.3, 0.4) is 0 Å². The Balaban J connectivity index is 1.19. The Morgan fingerprint density at radius 2 is 1.07 bits per heavy atom. The van der Waals surface area contributed by atoms with Gasteiger partial charge in [-0.1, -0.05) is 154 Å². The van der Waals surface area contributed by atoms with Crippen LogP contribution in [0.15, 0.2) is 164 Å². The zero-order valence-electron chi connectivity index (χ0n) is 35.2. The van der Waals surface area contributed by atoms with Gasteiger partial charge in [0.05, 0.1) is 0 Å². The van der Waals surface area contributed by atoms with Crippen LogP contribution in [-0.4, -0.2) is 7.28 Å². The van der Waals surface area contributed by atoms with Crippen LogP contribution < -0.4 is 21.1 Å². The predicted molar refractivity (Wildman–Crippen MR) is 256 cm³/mol. The standard InChI is InChI=1S/C56H51BN2/c1-36-29-46(45-31-41-19-13-14-20-42(41)32-50(45)58-44-25-23-40(24-26-44)38-15-9-7-10-16-38)54-53(30-36)59(51-33-43(22-21-37(51)2)39-17-11-8-12-18-39)52-35-48-47(34-49(52)57-54)55(3,4)27-28-56(48,5)6/h7-26,29-35,57-58H,27-28H2,1-6H3. The molecular weight excluding hydrogens is 711 g/mol. The highest BCUT2D eigenvalue weighted by Gasteiger charge is 2.40. The number of nitrogens with zero attached hydrogens (tertiary/aromatic N) is 1. The Labute approximate surface area is 350 Å². The second-order valence-electron chi connectivity index (χ2n) is 18.3. The normalized spacial score (nSPS) is 14.8. The first-order valence-electron chi connectivity index (χ1n) is 21.3. The van der Waals surface area contributed by atoms with Crippen molar-refractivity contribution in [2.45, 2.75) is 65.2 Å². The fourth-order valence-electron chi connectivity index (χ4n) is 9.76. The van der Waals surface area contributed by atoms with Gasteiger partial charge in [0.25, 0.3) is 0 Å². The molecule has 2 aliphatic rings. The smallest absolute Gasteiger partial charge is 0.198 e. The summed E-state index contributed by atoms with van der Waals surface area (Å²) in [5, 5.41) is 6.37. The SMILES string of the molecule is Cc1cc(-c2cc3ccccc3cc2Nc2ccc(-c3ccccc3)cc2)c2c(c1)N(c1cc(-c3ccccc3)ccc1C)c1cc3c(cc1B2)C(C)(C)CCC3(C)C. The zero-order chi connectivity index (χ0) is 40.5. The van der Waals surface area contributed by atoms with Gasteiger partial charge in [0, 0.05) is 34.0 Å². The van der Waals surface area contributed by atoms with Gasteiger partial charge < -0.3 is 10.2 Å². The molecule has 1 aliphatic carbocycles. The lowest BCUT2D eigenvalue weighted by atomic mass is 9.55. The van der Waals surface area contributed by atoms with Gasteiger partial charge in [-0.3, -0.25) is 0 Å². The van der Waals surface area contributed by atoms with Crippen LogP contribution >= 0.6 is 0 Å². The summed E-state index contributed by atoms with van der Waals surface area (Å²) in [4.78, 5) is 2.61. The summed E-state index contributed by atoms with van der Waals surface area (Å²) in [5.41, 5.74) is 21.8. The van der Waals surface area contributed by atoms with Gasteiger partial charge in [0.15, 0.2) is 7.28 Å². The van der Waals surface area contributed by atoms with E-state index in [9.17, 15) is 0 Å². The Hall–Kier alpha value is -6.32. The molecular formula is C56H51BN2. The Kier molecular flexibility index (Phi) is 8.90. The average molecular weight is 763 g/mol. The van der Waals surface area contributed by atoms with Crippen molar-refractivity contribution in [1.29, 1.82) is 0 Å². The lowest BCUT2D eigenvalue weighted by Gasteiger charge is -2.44. The van der Waals surface area contributed by atoms with Crippen LogP contribution in [-0.2, 0) is 10.8 Å². The van der Waals surface area contributed by atoms with E-state index >= 15 is 0 Å². The van der Waals surface area contributed by atoms with E-state index < -0.39 is 0 Å². The molecule has 1 aliphatic heterocycles. The molecule has 0 atom stereocenters. The van der Waals surface area contributed by atoms with Crippen molar-refractivity contribution in [1.82, 2.24) is 0 Å². The van der Waals surface area contributed by atoms with E-state index in [-0.39, 0.29) is 10.8 Å². The maximum absolute atomic E-state index is 3.91. The average Bonchev–Trinajstić information content (AvgIpc) is 3.25. The molecule has 0 saturated carbocycles. The molecule has 0 amide bonds. The van der Waals surface area contributed by atoms with Gasteiger partial charge >= 0.3 is 0 Å². The van der Waals surface area contributed by atoms with Gasteiger partial charge in [-0.2, -0.15) is 0 Å². The van der Waals surface area contributed by atoms with Crippen LogP contribution in [0.5, 0.6) is 0 Å². The largest absolute Gasteiger partial charge is 0.355 e. The summed E-state index contributed by atoms with van der Waals surface area (Å²) in [7, 11) is 0.857. The molecule has 0 spiro atoms. The minimum absolute atomic E-state index is 0.0927. The molecule has 0 radical (unpaired) electrons. The number of aryl methyl sites for hydroxylation is 2. The molecule has 288 valence electrons. The molecule has 8 aromatic rings. The highest BCUT2D eigenvalue weighted by molar-refractivity contribution is 6.73. The second kappa shape index (κ2) is 14.2. The van der Waals surface area contributed by atoms with Crippen molar-refractivity contribution in [2.24, 2.45) is 0 Å². The van der Waals surface area contributed by atoms with Crippen molar-refractivity contribution in [3.8, 4) is 33.4 Å². The van der Waals surface area contributed by atoms with Crippen molar-refractivity contribution < 1.29 is 0 Å². The number of anilines is 5. The Bertz CT molecular complexity index is 2890. The zero-order valence-corrected chi connectivity index (χ0v) is 35.2. The molecule has 1 N–H and O–H groups in total. The maximum Gasteiger partial charge on any atom is 0.198 e. The lowest BCUT2D eigenvalue weighted by Crippen LogP contribution is -2.44. The number of hydrogen-bond donors (Lipinski definition) is 1. The highest BCUT2D eigenvalue weighted by Crippen LogP contribution is 2.49. The Morgan fingerprint density at radius 1 is 0.492 bits per heavy atom. The third kappa shape index (κ3) is 6.63. The number of hydrogen-bond acceptors (Lipinski definition) is 2. The van der Waals surface area contributed by atoms with Crippen molar-refractivity contribution in [3.63, 3.8) is 0 Å². The van der Waals surface area contributed by atoms with Gasteiger partial charge in [0.2, 0.25) is 0 Å². The molecule has 1 heterocycles. The molecule has 2 nitrogen and oxygen atoms in total. The molecule has 0 unspecified atom stereocenters. The molecule has 0 fully saturated rings. The first kappa shape index (κ1) is 37.0. The minimum atomic E-state index is 0.0927. The predicted octanol–water partition coefficient (Wildman–Crippen LogP) is 13.7. The number of rotatable bonds is 6. The van der Waals surface area contributed by atoms with Crippen LogP contribution in [0.4, 0.5) is 28.4 Å². The van der Waals surface area contributed by atoms with Crippen LogP contribution in [0.25, 0.3) is 44.2 Å². The third-order valence-electron chi connectivity index (χ3n) is 13.3. The first-order valence-corrected chi connectivity index (χ1v) is 21.3. The van der Waals surface area contributed by atoms with Gasteiger partial charge in [-0.05, 0) is 146 Å². The molecule has 0 bridgehead atoms. The van der Waals surface area contributed by atoms with Crippen LogP contribution in [0, 0.1) is 13.8 Å². The number of fused-ring (bicyclic) bond motifs is 4. The van der Waals surface area contributed by atoms with Crippen molar-refractivity contribution in [2.75, 3.05) is 10.2 Å². The quantitative estimate of drug-likeness (QED) is 0.170. The molecule has 3 heteroatoms. The van der Waals surface area contributed by atoms with E-state index in [0.29, 0.717) is 0 Å². The van der Waals surface area contributed by atoms with E-state index in [2.05, 4.69) is 216 Å². The fraction of sp³-hybridized carbons (Fsp3) is 0.179.